The average molecular weight is 210 g/mol. The van der Waals surface area contributed by atoms with Crippen LogP contribution in [0.4, 0.5) is 0 Å². The fourth-order valence-corrected chi connectivity index (χ4v) is 4.37. The third-order valence-electron chi connectivity index (χ3n) is 1.58. The largest absolute Gasteiger partial charge is 0.503 e. The fraction of sp³-hybridized carbons (Fsp3) is 0.200. The van der Waals surface area contributed by atoms with Gasteiger partial charge in [0.15, 0.2) is 11.5 Å². The third kappa shape index (κ3) is 0.845. The molecular formula is C5H6O5S2. The van der Waals surface area contributed by atoms with Gasteiger partial charge in [-0.15, -0.1) is 17.8 Å². The van der Waals surface area contributed by atoms with Crippen LogP contribution in [-0.4, -0.2) is 14.4 Å². The molecule has 2 aliphatic rings. The summed E-state index contributed by atoms with van der Waals surface area (Å²) in [5.74, 6) is -0.527. The molecule has 0 aromatic heterocycles. The van der Waals surface area contributed by atoms with Gasteiger partial charge in [0.05, 0.1) is 10.3 Å². The molecule has 12 heavy (non-hydrogen) atoms. The Hall–Kier alpha value is -0.500. The first-order valence-electron chi connectivity index (χ1n) is 3.01. The van der Waals surface area contributed by atoms with Crippen LogP contribution in [0.5, 0.6) is 0 Å². The summed E-state index contributed by atoms with van der Waals surface area (Å²) in [4.78, 5) is 0.389. The molecule has 1 fully saturated rings. The van der Waals surface area contributed by atoms with Gasteiger partial charge in [-0.25, -0.2) is 0 Å². The summed E-state index contributed by atoms with van der Waals surface area (Å²) >= 11 is -1.74. The topological polar surface area (TPSA) is 76.0 Å². The van der Waals surface area contributed by atoms with E-state index >= 15 is 0 Å². The molecule has 0 unspecified atom stereocenters. The van der Waals surface area contributed by atoms with Gasteiger partial charge in [0.2, 0.25) is 0 Å². The van der Waals surface area contributed by atoms with Crippen molar-refractivity contribution in [2.75, 3.05) is 0 Å². The van der Waals surface area contributed by atoms with Crippen molar-refractivity contribution in [3.63, 3.8) is 0 Å². The van der Waals surface area contributed by atoms with Crippen LogP contribution in [0.2, 0.25) is 0 Å². The lowest BCUT2D eigenvalue weighted by Gasteiger charge is -2.41. The first-order chi connectivity index (χ1) is 5.55. The normalized spacial score (nSPS) is 45.4. The Bertz CT molecular complexity index is 323. The molecule has 0 aromatic carbocycles. The predicted molar refractivity (Wildman–Crippen MR) is 43.9 cm³/mol. The molecule has 2 N–H and O–H groups in total. The highest BCUT2D eigenvalue weighted by molar-refractivity contribution is 8.40. The summed E-state index contributed by atoms with van der Waals surface area (Å²) in [6, 6.07) is 0. The quantitative estimate of drug-likeness (QED) is 0.632. The van der Waals surface area contributed by atoms with Crippen molar-refractivity contribution in [1.29, 1.82) is 0 Å². The van der Waals surface area contributed by atoms with E-state index in [1.54, 1.807) is 6.92 Å². The molecule has 0 saturated carbocycles. The lowest BCUT2D eigenvalue weighted by Crippen LogP contribution is -2.20. The van der Waals surface area contributed by atoms with Crippen molar-refractivity contribution in [2.45, 2.75) is 6.92 Å². The second-order valence-corrected chi connectivity index (χ2v) is 5.73. The minimum absolute atomic E-state index is 0.248. The van der Waals surface area contributed by atoms with Gasteiger partial charge in [-0.2, -0.15) is 4.21 Å². The zero-order valence-corrected chi connectivity index (χ0v) is 7.65. The SMILES string of the molecule is CC1=C(O)C(O)=CS12OS(=O)O2. The lowest BCUT2D eigenvalue weighted by molar-refractivity contribution is 0.328. The van der Waals surface area contributed by atoms with Crippen LogP contribution in [0.15, 0.2) is 21.8 Å². The van der Waals surface area contributed by atoms with E-state index in [4.69, 9.17) is 12.4 Å². The van der Waals surface area contributed by atoms with E-state index in [9.17, 15) is 9.32 Å². The second kappa shape index (κ2) is 2.25. The number of hydrogen-bond donors (Lipinski definition) is 2. The molecule has 0 aromatic rings. The van der Waals surface area contributed by atoms with Crippen molar-refractivity contribution in [2.24, 2.45) is 0 Å². The maximum absolute atomic E-state index is 10.5. The smallest absolute Gasteiger partial charge is 0.346 e. The highest BCUT2D eigenvalue weighted by Crippen LogP contribution is 2.71. The minimum atomic E-state index is -2.17. The lowest BCUT2D eigenvalue weighted by atomic mass is 10.4. The Morgan fingerprint density at radius 1 is 1.50 bits per heavy atom. The molecule has 2 rings (SSSR count). The highest BCUT2D eigenvalue weighted by atomic mass is 32.4. The molecular weight excluding hydrogens is 204 g/mol. The van der Waals surface area contributed by atoms with Gasteiger partial charge in [-0.05, 0) is 6.92 Å². The predicted octanol–water partition coefficient (Wildman–Crippen LogP) is 1.45. The molecule has 1 spiro atoms. The van der Waals surface area contributed by atoms with E-state index in [2.05, 4.69) is 0 Å². The Morgan fingerprint density at radius 2 is 2.08 bits per heavy atom. The van der Waals surface area contributed by atoms with Crippen LogP contribution in [0.1, 0.15) is 6.92 Å². The molecule has 68 valence electrons. The van der Waals surface area contributed by atoms with Crippen molar-refractivity contribution in [3.05, 3.63) is 21.8 Å². The van der Waals surface area contributed by atoms with E-state index in [0.29, 0.717) is 4.91 Å². The summed E-state index contributed by atoms with van der Waals surface area (Å²) in [7, 11) is -2.17. The average Bonchev–Trinajstić information content (AvgIpc) is 2.15. The summed E-state index contributed by atoms with van der Waals surface area (Å²) in [5.41, 5.74) is 0. The highest BCUT2D eigenvalue weighted by Gasteiger charge is 2.45. The van der Waals surface area contributed by atoms with E-state index in [1.165, 1.54) is 5.41 Å². The Kier molecular flexibility index (Phi) is 1.52. The standard InChI is InChI=1S/C5H6O5S2/c1-3-5(7)4(6)2-12(3)9-11(8)10-12/h2,6-7H,1H3. The van der Waals surface area contributed by atoms with Crippen molar-refractivity contribution < 1.29 is 21.7 Å². The van der Waals surface area contributed by atoms with Gasteiger partial charge in [0.1, 0.15) is 0 Å². The maximum Gasteiger partial charge on any atom is 0.346 e. The van der Waals surface area contributed by atoms with E-state index in [1.807, 2.05) is 0 Å². The van der Waals surface area contributed by atoms with E-state index in [-0.39, 0.29) is 11.5 Å². The number of hydrogen-bond acceptors (Lipinski definition) is 5. The number of aliphatic hydroxyl groups excluding tert-OH is 2. The van der Waals surface area contributed by atoms with Gasteiger partial charge in [-0.3, -0.25) is 0 Å². The van der Waals surface area contributed by atoms with Gasteiger partial charge in [0, 0.05) is 0 Å². The van der Waals surface area contributed by atoms with Crippen molar-refractivity contribution in [1.82, 2.24) is 0 Å². The van der Waals surface area contributed by atoms with Crippen LogP contribution >= 0.6 is 10.6 Å². The number of rotatable bonds is 0. The molecule has 7 heteroatoms. The molecule has 0 atom stereocenters. The number of allylic oxidation sites excluding steroid dienone is 1. The molecule has 0 bridgehead atoms. The fourth-order valence-electron chi connectivity index (χ4n) is 0.918. The van der Waals surface area contributed by atoms with Crippen molar-refractivity contribution in [3.8, 4) is 0 Å². The number of aliphatic hydroxyl groups is 2. The van der Waals surface area contributed by atoms with Crippen LogP contribution < -0.4 is 0 Å². The maximum atomic E-state index is 10.5. The van der Waals surface area contributed by atoms with Gasteiger partial charge >= 0.3 is 11.4 Å². The van der Waals surface area contributed by atoms with Crippen LogP contribution in [0, 0.1) is 0 Å². The summed E-state index contributed by atoms with van der Waals surface area (Å²) < 4.78 is 20.1. The molecule has 0 radical (unpaired) electrons. The summed E-state index contributed by atoms with van der Waals surface area (Å²) in [5, 5.41) is 19.5. The molecule has 0 amide bonds. The zero-order valence-electron chi connectivity index (χ0n) is 6.01. The van der Waals surface area contributed by atoms with Crippen molar-refractivity contribution >= 4 is 22.0 Å². The molecule has 2 aliphatic heterocycles. The first-order valence-corrected chi connectivity index (χ1v) is 5.56. The molecule has 1 saturated heterocycles. The van der Waals surface area contributed by atoms with Gasteiger partial charge < -0.3 is 10.2 Å². The van der Waals surface area contributed by atoms with Crippen LogP contribution in [0.25, 0.3) is 0 Å². The molecule has 5 nitrogen and oxygen atoms in total. The van der Waals surface area contributed by atoms with E-state index < -0.39 is 22.0 Å². The van der Waals surface area contributed by atoms with E-state index in [0.717, 1.165) is 0 Å². The van der Waals surface area contributed by atoms with Crippen LogP contribution in [0.3, 0.4) is 0 Å². The summed E-state index contributed by atoms with van der Waals surface area (Å²) in [6.45, 7) is 1.56. The molecule has 0 aliphatic carbocycles. The summed E-state index contributed by atoms with van der Waals surface area (Å²) in [6.07, 6.45) is 0. The zero-order chi connectivity index (χ0) is 8.93. The molecule has 2 heterocycles. The van der Waals surface area contributed by atoms with Gasteiger partial charge in [-0.1, -0.05) is 0 Å². The second-order valence-electron chi connectivity index (χ2n) is 2.29. The minimum Gasteiger partial charge on any atom is -0.503 e. The Balaban J connectivity index is 2.39. The monoisotopic (exact) mass is 210 g/mol. The Labute approximate surface area is 72.9 Å². The Morgan fingerprint density at radius 3 is 2.42 bits per heavy atom. The van der Waals surface area contributed by atoms with Crippen LogP contribution in [-0.2, 0) is 18.6 Å². The first kappa shape index (κ1) is 8.11. The third-order valence-corrected chi connectivity index (χ3v) is 5.67. The van der Waals surface area contributed by atoms with Gasteiger partial charge in [0.25, 0.3) is 0 Å².